The third-order valence-corrected chi connectivity index (χ3v) is 4.43. The quantitative estimate of drug-likeness (QED) is 0.359. The van der Waals surface area contributed by atoms with Gasteiger partial charge in [0.2, 0.25) is 0 Å². The van der Waals surface area contributed by atoms with E-state index in [1.165, 1.54) is 58.0 Å². The zero-order chi connectivity index (χ0) is 12.1. The first-order chi connectivity index (χ1) is 8.29. The molecule has 1 saturated heterocycles. The largest absolute Gasteiger partial charge is 0.356 e. The lowest BCUT2D eigenvalue weighted by molar-refractivity contribution is 0.151. The van der Waals surface area contributed by atoms with Crippen molar-refractivity contribution in [1.82, 2.24) is 10.2 Å². The Morgan fingerprint density at radius 1 is 1.28 bits per heavy atom. The van der Waals surface area contributed by atoms with Gasteiger partial charge in [-0.1, -0.05) is 26.2 Å². The fourth-order valence-electron chi connectivity index (χ4n) is 3.11. The van der Waals surface area contributed by atoms with Crippen LogP contribution < -0.4 is 5.32 Å². The minimum absolute atomic E-state index is 0. The molecule has 1 spiro atoms. The average molecular weight is 365 g/mol. The summed E-state index contributed by atoms with van der Waals surface area (Å²) in [5.41, 5.74) is 0.668. The fourth-order valence-corrected chi connectivity index (χ4v) is 3.11. The van der Waals surface area contributed by atoms with Crippen LogP contribution >= 0.6 is 24.0 Å². The Balaban J connectivity index is 0.00000162. The van der Waals surface area contributed by atoms with E-state index < -0.39 is 0 Å². The van der Waals surface area contributed by atoms with Crippen LogP contribution in [-0.2, 0) is 0 Å². The van der Waals surface area contributed by atoms with Crippen molar-refractivity contribution in [2.45, 2.75) is 51.9 Å². The van der Waals surface area contributed by atoms with Gasteiger partial charge in [-0.05, 0) is 31.1 Å². The molecule has 1 aliphatic heterocycles. The van der Waals surface area contributed by atoms with Crippen molar-refractivity contribution in [3.05, 3.63) is 0 Å². The molecule has 2 rings (SSSR count). The van der Waals surface area contributed by atoms with Gasteiger partial charge in [0.05, 0.1) is 0 Å². The summed E-state index contributed by atoms with van der Waals surface area (Å²) in [4.78, 5) is 6.89. The van der Waals surface area contributed by atoms with Crippen molar-refractivity contribution in [2.75, 3.05) is 26.7 Å². The standard InChI is InChI=1S/C14H27N3.HI/c1-3-4-5-10-16-13(15-2)17-11-9-14(12-17)7-6-8-14;/h3-12H2,1-2H3,(H,15,16);1H. The second-order valence-electron chi connectivity index (χ2n) is 5.71. The number of nitrogens with one attached hydrogen (secondary N) is 1. The van der Waals surface area contributed by atoms with E-state index in [0.29, 0.717) is 5.41 Å². The molecule has 0 radical (unpaired) electrons. The molecular formula is C14H28IN3. The molecule has 1 saturated carbocycles. The number of nitrogens with zero attached hydrogens (tertiary/aromatic N) is 2. The van der Waals surface area contributed by atoms with Crippen LogP contribution in [-0.4, -0.2) is 37.5 Å². The first-order valence-electron chi connectivity index (χ1n) is 7.25. The summed E-state index contributed by atoms with van der Waals surface area (Å²) in [6, 6.07) is 0. The summed E-state index contributed by atoms with van der Waals surface area (Å²) in [7, 11) is 1.91. The van der Waals surface area contributed by atoms with Crippen molar-refractivity contribution >= 4 is 29.9 Å². The van der Waals surface area contributed by atoms with Gasteiger partial charge >= 0.3 is 0 Å². The van der Waals surface area contributed by atoms with Crippen molar-refractivity contribution in [2.24, 2.45) is 10.4 Å². The summed E-state index contributed by atoms with van der Waals surface area (Å²) < 4.78 is 0. The average Bonchev–Trinajstić information content (AvgIpc) is 2.74. The lowest BCUT2D eigenvalue weighted by Gasteiger charge is -2.38. The Labute approximate surface area is 129 Å². The second-order valence-corrected chi connectivity index (χ2v) is 5.71. The summed E-state index contributed by atoms with van der Waals surface area (Å²) in [6.45, 7) is 5.76. The first-order valence-corrected chi connectivity index (χ1v) is 7.25. The van der Waals surface area contributed by atoms with E-state index in [9.17, 15) is 0 Å². The van der Waals surface area contributed by atoms with Crippen LogP contribution in [0.2, 0.25) is 0 Å². The molecule has 0 amide bonds. The summed E-state index contributed by atoms with van der Waals surface area (Å²) in [5, 5.41) is 3.51. The molecule has 1 heterocycles. The topological polar surface area (TPSA) is 27.6 Å². The van der Waals surface area contributed by atoms with Gasteiger partial charge in [0, 0.05) is 26.7 Å². The van der Waals surface area contributed by atoms with Crippen molar-refractivity contribution in [3.8, 4) is 0 Å². The van der Waals surface area contributed by atoms with E-state index in [4.69, 9.17) is 0 Å². The highest BCUT2D eigenvalue weighted by Crippen LogP contribution is 2.47. The van der Waals surface area contributed by atoms with Gasteiger partial charge in [-0.2, -0.15) is 0 Å². The maximum Gasteiger partial charge on any atom is 0.193 e. The monoisotopic (exact) mass is 365 g/mol. The normalized spacial score (nSPS) is 21.7. The van der Waals surface area contributed by atoms with E-state index in [2.05, 4.69) is 22.1 Å². The fraction of sp³-hybridized carbons (Fsp3) is 0.929. The van der Waals surface area contributed by atoms with Gasteiger partial charge in [-0.3, -0.25) is 4.99 Å². The van der Waals surface area contributed by atoms with E-state index in [0.717, 1.165) is 12.5 Å². The predicted molar refractivity (Wildman–Crippen MR) is 88.8 cm³/mol. The third-order valence-electron chi connectivity index (χ3n) is 4.43. The number of guanidine groups is 1. The molecule has 0 bridgehead atoms. The highest BCUT2D eigenvalue weighted by atomic mass is 127. The van der Waals surface area contributed by atoms with Crippen molar-refractivity contribution < 1.29 is 0 Å². The minimum Gasteiger partial charge on any atom is -0.356 e. The molecule has 2 fully saturated rings. The molecule has 0 aromatic heterocycles. The number of hydrogen-bond donors (Lipinski definition) is 1. The number of likely N-dealkylation sites (tertiary alicyclic amines) is 1. The Hall–Kier alpha value is 0. The lowest BCUT2D eigenvalue weighted by Crippen LogP contribution is -2.42. The highest BCUT2D eigenvalue weighted by Gasteiger charge is 2.43. The summed E-state index contributed by atoms with van der Waals surface area (Å²) in [5.74, 6) is 1.13. The Morgan fingerprint density at radius 2 is 2.06 bits per heavy atom. The molecule has 106 valence electrons. The predicted octanol–water partition coefficient (Wildman–Crippen LogP) is 3.25. The van der Waals surface area contributed by atoms with Crippen LogP contribution in [0.25, 0.3) is 0 Å². The molecule has 0 atom stereocenters. The molecule has 1 N–H and O–H groups in total. The zero-order valence-electron chi connectivity index (χ0n) is 11.9. The van der Waals surface area contributed by atoms with E-state index in [-0.39, 0.29) is 24.0 Å². The second kappa shape index (κ2) is 7.56. The van der Waals surface area contributed by atoms with Crippen LogP contribution in [0.5, 0.6) is 0 Å². The molecule has 18 heavy (non-hydrogen) atoms. The van der Waals surface area contributed by atoms with Crippen LogP contribution in [0.15, 0.2) is 4.99 Å². The Bertz CT molecular complexity index is 274. The van der Waals surface area contributed by atoms with E-state index >= 15 is 0 Å². The molecule has 0 unspecified atom stereocenters. The number of rotatable bonds is 4. The SMILES string of the molecule is CCCCCNC(=NC)N1CCC2(CCC2)C1.I. The van der Waals surface area contributed by atoms with Gasteiger partial charge in [-0.15, -0.1) is 24.0 Å². The van der Waals surface area contributed by atoms with Crippen molar-refractivity contribution in [3.63, 3.8) is 0 Å². The summed E-state index contributed by atoms with van der Waals surface area (Å²) in [6.07, 6.45) is 9.56. The highest BCUT2D eigenvalue weighted by molar-refractivity contribution is 14.0. The number of halogens is 1. The zero-order valence-corrected chi connectivity index (χ0v) is 14.2. The molecule has 0 aromatic carbocycles. The van der Waals surface area contributed by atoms with Gasteiger partial charge in [-0.25, -0.2) is 0 Å². The van der Waals surface area contributed by atoms with Crippen LogP contribution in [0.3, 0.4) is 0 Å². The molecule has 0 aromatic rings. The Kier molecular flexibility index (Phi) is 6.74. The summed E-state index contributed by atoms with van der Waals surface area (Å²) >= 11 is 0. The molecule has 4 heteroatoms. The van der Waals surface area contributed by atoms with E-state index in [1.807, 2.05) is 7.05 Å². The van der Waals surface area contributed by atoms with Crippen LogP contribution in [0.4, 0.5) is 0 Å². The molecule has 1 aliphatic carbocycles. The number of hydrogen-bond acceptors (Lipinski definition) is 1. The maximum atomic E-state index is 4.42. The number of aliphatic imine (C=N–C) groups is 1. The van der Waals surface area contributed by atoms with Gasteiger partial charge in [0.25, 0.3) is 0 Å². The van der Waals surface area contributed by atoms with Crippen molar-refractivity contribution in [1.29, 1.82) is 0 Å². The minimum atomic E-state index is 0. The maximum absolute atomic E-state index is 4.42. The first kappa shape index (κ1) is 16.1. The third kappa shape index (κ3) is 3.75. The van der Waals surface area contributed by atoms with Crippen LogP contribution in [0.1, 0.15) is 51.9 Å². The number of unbranched alkanes of at least 4 members (excludes halogenated alkanes) is 2. The molecule has 2 aliphatic rings. The van der Waals surface area contributed by atoms with Gasteiger partial charge in [0.15, 0.2) is 5.96 Å². The lowest BCUT2D eigenvalue weighted by atomic mass is 9.68. The molecule has 3 nitrogen and oxygen atoms in total. The van der Waals surface area contributed by atoms with Crippen LogP contribution in [0, 0.1) is 5.41 Å². The van der Waals surface area contributed by atoms with E-state index in [1.54, 1.807) is 0 Å². The smallest absolute Gasteiger partial charge is 0.193 e. The van der Waals surface area contributed by atoms with Gasteiger partial charge < -0.3 is 10.2 Å². The van der Waals surface area contributed by atoms with Gasteiger partial charge in [0.1, 0.15) is 0 Å². The Morgan fingerprint density at radius 3 is 2.56 bits per heavy atom. The molecular weight excluding hydrogens is 337 g/mol.